The van der Waals surface area contributed by atoms with Crippen molar-refractivity contribution in [2.24, 2.45) is 0 Å². The second-order valence-corrected chi connectivity index (χ2v) is 8.75. The number of carbonyl (C=O) groups is 1. The molecule has 1 amide bonds. The zero-order chi connectivity index (χ0) is 23.5. The highest BCUT2D eigenvalue weighted by molar-refractivity contribution is 8.00. The lowest BCUT2D eigenvalue weighted by Gasteiger charge is -2.16. The fourth-order valence-corrected chi connectivity index (χ4v) is 4.40. The van der Waals surface area contributed by atoms with Crippen molar-refractivity contribution < 1.29 is 18.7 Å². The minimum atomic E-state index is -0.412. The molecule has 0 aliphatic carbocycles. The number of rotatable bonds is 7. The number of ether oxygens (including phenoxy) is 2. The van der Waals surface area contributed by atoms with Gasteiger partial charge in [-0.2, -0.15) is 0 Å². The molecule has 2 N–H and O–H groups in total. The number of aromatic nitrogens is 2. The molecule has 0 fully saturated rings. The molecule has 1 atom stereocenters. The molecule has 1 unspecified atom stereocenters. The van der Waals surface area contributed by atoms with E-state index in [0.29, 0.717) is 40.3 Å². The van der Waals surface area contributed by atoms with Gasteiger partial charge in [0.15, 0.2) is 16.7 Å². The van der Waals surface area contributed by atoms with Crippen molar-refractivity contribution in [2.75, 3.05) is 17.4 Å². The summed E-state index contributed by atoms with van der Waals surface area (Å²) in [5.74, 6) is 1.38. The summed E-state index contributed by atoms with van der Waals surface area (Å²) < 4.78 is 24.0. The first-order valence-corrected chi connectivity index (χ1v) is 11.6. The molecule has 1 aliphatic heterocycles. The molecule has 4 aromatic rings. The zero-order valence-electron chi connectivity index (χ0n) is 18.2. The molecule has 34 heavy (non-hydrogen) atoms. The highest BCUT2D eigenvalue weighted by atomic mass is 32.2. The predicted molar refractivity (Wildman–Crippen MR) is 130 cm³/mol. The predicted octanol–water partition coefficient (Wildman–Crippen LogP) is 5.75. The van der Waals surface area contributed by atoms with Gasteiger partial charge in [-0.3, -0.25) is 4.79 Å². The fourth-order valence-electron chi connectivity index (χ4n) is 3.52. The topological polar surface area (TPSA) is 85.4 Å². The second kappa shape index (κ2) is 9.56. The lowest BCUT2D eigenvalue weighted by Crippen LogP contribution is -2.24. The van der Waals surface area contributed by atoms with E-state index >= 15 is 0 Å². The summed E-state index contributed by atoms with van der Waals surface area (Å²) >= 11 is 1.29. The second-order valence-electron chi connectivity index (χ2n) is 7.58. The number of fused-ring (bicyclic) bond motifs is 2. The number of thioether (sulfide) groups is 1. The number of hydrogen-bond donors (Lipinski definition) is 2. The van der Waals surface area contributed by atoms with E-state index in [1.807, 2.05) is 31.2 Å². The van der Waals surface area contributed by atoms with E-state index in [1.165, 1.54) is 23.9 Å². The van der Waals surface area contributed by atoms with Crippen LogP contribution in [-0.2, 0) is 4.79 Å². The Hall–Kier alpha value is -3.85. The van der Waals surface area contributed by atoms with Gasteiger partial charge in [-0.25, -0.2) is 14.4 Å². The minimum absolute atomic E-state index is 0.156. The Labute approximate surface area is 199 Å². The quantitative estimate of drug-likeness (QED) is 0.259. The maximum absolute atomic E-state index is 13.3. The number of amides is 1. The summed E-state index contributed by atoms with van der Waals surface area (Å²) in [5.41, 5.74) is 2.08. The van der Waals surface area contributed by atoms with Gasteiger partial charge < -0.3 is 20.1 Å². The standard InChI is InChI=1S/C25H21FN4O3S/c1-2-22(24(31)28-17-11-12-20-21(13-17)33-14-32-20)34-25-29-19-6-4-3-5-18(19)23(30-25)27-16-9-7-15(26)8-10-16/h3-13,22H,2,14H2,1H3,(H,28,31)(H,27,29,30). The molecule has 0 bridgehead atoms. The fraction of sp³-hybridized carbons (Fsp3) is 0.160. The molecule has 172 valence electrons. The van der Waals surface area contributed by atoms with Crippen LogP contribution in [0.5, 0.6) is 11.5 Å². The van der Waals surface area contributed by atoms with Gasteiger partial charge in [0.05, 0.1) is 10.8 Å². The van der Waals surface area contributed by atoms with Crippen LogP contribution in [0.1, 0.15) is 13.3 Å². The van der Waals surface area contributed by atoms with Crippen LogP contribution in [0.4, 0.5) is 21.6 Å². The summed E-state index contributed by atoms with van der Waals surface area (Å²) in [4.78, 5) is 22.3. The van der Waals surface area contributed by atoms with E-state index in [1.54, 1.807) is 30.3 Å². The first kappa shape index (κ1) is 22.0. The van der Waals surface area contributed by atoms with Crippen molar-refractivity contribution in [1.82, 2.24) is 9.97 Å². The summed E-state index contributed by atoms with van der Waals surface area (Å²) in [6, 6.07) is 19.0. The van der Waals surface area contributed by atoms with Crippen molar-refractivity contribution in [2.45, 2.75) is 23.8 Å². The van der Waals surface area contributed by atoms with E-state index < -0.39 is 5.25 Å². The van der Waals surface area contributed by atoms with E-state index in [0.717, 1.165) is 10.9 Å². The van der Waals surface area contributed by atoms with Crippen LogP contribution in [0.3, 0.4) is 0 Å². The van der Waals surface area contributed by atoms with Crippen molar-refractivity contribution in [3.05, 3.63) is 72.5 Å². The van der Waals surface area contributed by atoms with Crippen molar-refractivity contribution in [1.29, 1.82) is 0 Å². The van der Waals surface area contributed by atoms with Crippen LogP contribution in [0.2, 0.25) is 0 Å². The van der Waals surface area contributed by atoms with E-state index in [9.17, 15) is 9.18 Å². The van der Waals surface area contributed by atoms with E-state index in [2.05, 4.69) is 20.6 Å². The maximum atomic E-state index is 13.3. The van der Waals surface area contributed by atoms with E-state index in [4.69, 9.17) is 9.47 Å². The first-order valence-electron chi connectivity index (χ1n) is 10.8. The van der Waals surface area contributed by atoms with Gasteiger partial charge in [0.1, 0.15) is 11.6 Å². The highest BCUT2D eigenvalue weighted by Gasteiger charge is 2.22. The van der Waals surface area contributed by atoms with Crippen molar-refractivity contribution in [3.8, 4) is 11.5 Å². The number of nitrogens with zero attached hydrogens (tertiary/aromatic N) is 2. The summed E-state index contributed by atoms with van der Waals surface area (Å²) in [7, 11) is 0. The molecule has 1 aliphatic rings. The molecule has 0 saturated heterocycles. The molecule has 9 heteroatoms. The molecule has 7 nitrogen and oxygen atoms in total. The number of anilines is 3. The molecule has 2 heterocycles. The van der Waals surface area contributed by atoms with Gasteiger partial charge in [-0.1, -0.05) is 30.8 Å². The maximum Gasteiger partial charge on any atom is 0.237 e. The average Bonchev–Trinajstić information content (AvgIpc) is 3.32. The third kappa shape index (κ3) is 4.74. The monoisotopic (exact) mass is 476 g/mol. The number of para-hydroxylation sites is 1. The Balaban J connectivity index is 1.38. The lowest BCUT2D eigenvalue weighted by atomic mass is 10.2. The van der Waals surface area contributed by atoms with Gasteiger partial charge in [0.25, 0.3) is 0 Å². The first-order chi connectivity index (χ1) is 16.6. The number of hydrogen-bond acceptors (Lipinski definition) is 7. The Morgan fingerprint density at radius 3 is 2.62 bits per heavy atom. The molecular formula is C25H21FN4O3S. The summed E-state index contributed by atoms with van der Waals surface area (Å²) in [6.07, 6.45) is 0.581. The van der Waals surface area contributed by atoms with Gasteiger partial charge in [0, 0.05) is 22.8 Å². The van der Waals surface area contributed by atoms with Crippen molar-refractivity contribution in [3.63, 3.8) is 0 Å². The number of benzene rings is 3. The van der Waals surface area contributed by atoms with Crippen LogP contribution >= 0.6 is 11.8 Å². The summed E-state index contributed by atoms with van der Waals surface area (Å²) in [6.45, 7) is 2.11. The third-order valence-electron chi connectivity index (χ3n) is 5.24. The molecule has 5 rings (SSSR count). The zero-order valence-corrected chi connectivity index (χ0v) is 19.1. The largest absolute Gasteiger partial charge is 0.454 e. The number of halogens is 1. The SMILES string of the molecule is CCC(Sc1nc(Nc2ccc(F)cc2)c2ccccc2n1)C(=O)Nc1ccc2c(c1)OCO2. The Bertz CT molecular complexity index is 1350. The molecule has 0 radical (unpaired) electrons. The van der Waals surface area contributed by atoms with Gasteiger partial charge in [-0.15, -0.1) is 0 Å². The Morgan fingerprint density at radius 2 is 1.79 bits per heavy atom. The van der Waals surface area contributed by atoms with Crippen LogP contribution in [-0.4, -0.2) is 27.9 Å². The van der Waals surface area contributed by atoms with Gasteiger partial charge in [-0.05, 0) is 55.0 Å². The Morgan fingerprint density at radius 1 is 1.03 bits per heavy atom. The van der Waals surface area contributed by atoms with Gasteiger partial charge in [0.2, 0.25) is 12.7 Å². The van der Waals surface area contributed by atoms with Crippen molar-refractivity contribution >= 4 is 45.8 Å². The van der Waals surface area contributed by atoms with Crippen LogP contribution in [0.25, 0.3) is 10.9 Å². The van der Waals surface area contributed by atoms with Crippen LogP contribution < -0.4 is 20.1 Å². The molecule has 1 aromatic heterocycles. The molecular weight excluding hydrogens is 455 g/mol. The smallest absolute Gasteiger partial charge is 0.237 e. The van der Waals surface area contributed by atoms with Crippen LogP contribution in [0.15, 0.2) is 71.9 Å². The Kier molecular flexibility index (Phi) is 6.18. The van der Waals surface area contributed by atoms with E-state index in [-0.39, 0.29) is 18.5 Å². The lowest BCUT2D eigenvalue weighted by molar-refractivity contribution is -0.115. The summed E-state index contributed by atoms with van der Waals surface area (Å²) in [5, 5.41) is 7.06. The molecule has 0 spiro atoms. The van der Waals surface area contributed by atoms with Gasteiger partial charge >= 0.3 is 0 Å². The number of carbonyl (C=O) groups excluding carboxylic acids is 1. The third-order valence-corrected chi connectivity index (χ3v) is 6.47. The molecule has 0 saturated carbocycles. The van der Waals surface area contributed by atoms with Crippen LogP contribution in [0, 0.1) is 5.82 Å². The minimum Gasteiger partial charge on any atom is -0.454 e. The number of nitrogens with one attached hydrogen (secondary N) is 2. The highest BCUT2D eigenvalue weighted by Crippen LogP contribution is 2.35. The normalized spacial score (nSPS) is 13.0. The average molecular weight is 477 g/mol. The molecule has 3 aromatic carbocycles.